The number of aliphatic hydroxyl groups is 1. The van der Waals surface area contributed by atoms with Gasteiger partial charge >= 0.3 is 0 Å². The van der Waals surface area contributed by atoms with Gasteiger partial charge in [0, 0.05) is 30.2 Å². The number of thiazole rings is 1. The predicted molar refractivity (Wildman–Crippen MR) is 78.7 cm³/mol. The normalized spacial score (nSPS) is 25.2. The van der Waals surface area contributed by atoms with E-state index >= 15 is 0 Å². The van der Waals surface area contributed by atoms with Crippen LogP contribution in [0.3, 0.4) is 0 Å². The molecule has 2 heterocycles. The molecule has 3 aromatic rings. The maximum Gasteiger partial charge on any atom is 0.193 e. The van der Waals surface area contributed by atoms with Crippen molar-refractivity contribution in [3.05, 3.63) is 58.9 Å². The van der Waals surface area contributed by atoms with E-state index in [2.05, 4.69) is 4.98 Å². The van der Waals surface area contributed by atoms with Crippen LogP contribution in [0.15, 0.2) is 42.0 Å². The molecule has 1 aliphatic carbocycles. The number of fused-ring (bicyclic) bond motifs is 2. The zero-order valence-electron chi connectivity index (χ0n) is 10.9. The van der Waals surface area contributed by atoms with Gasteiger partial charge in [-0.15, -0.1) is 11.3 Å². The van der Waals surface area contributed by atoms with Crippen LogP contribution in [-0.4, -0.2) is 14.5 Å². The second-order valence-corrected chi connectivity index (χ2v) is 6.30. The van der Waals surface area contributed by atoms with Gasteiger partial charge in [-0.05, 0) is 17.5 Å². The van der Waals surface area contributed by atoms with Crippen LogP contribution in [0.5, 0.6) is 0 Å². The van der Waals surface area contributed by atoms with E-state index in [1.54, 1.807) is 11.3 Å². The summed E-state index contributed by atoms with van der Waals surface area (Å²) in [6.45, 7) is 0. The molecule has 1 aliphatic rings. The standard InChI is InChI=1S/C15H15N3OS/c16-13-8-15(19,12-4-2-1-3-11(12)13)7-10-9-18-5-6-20-14(18)17-10/h1-6,9,13,19H,7-8,16H2. The molecule has 5 heteroatoms. The van der Waals surface area contributed by atoms with Gasteiger partial charge in [0.1, 0.15) is 0 Å². The fourth-order valence-electron chi connectivity index (χ4n) is 3.16. The molecule has 1 aromatic carbocycles. The Kier molecular flexibility index (Phi) is 2.51. The monoisotopic (exact) mass is 285 g/mol. The summed E-state index contributed by atoms with van der Waals surface area (Å²) in [6.07, 6.45) is 5.02. The summed E-state index contributed by atoms with van der Waals surface area (Å²) in [5.74, 6) is 0. The number of nitrogens with two attached hydrogens (primary N) is 1. The van der Waals surface area contributed by atoms with E-state index in [1.165, 1.54) is 0 Å². The second kappa shape index (κ2) is 4.15. The van der Waals surface area contributed by atoms with Gasteiger partial charge in [0.2, 0.25) is 0 Å². The van der Waals surface area contributed by atoms with Gasteiger partial charge in [-0.2, -0.15) is 0 Å². The van der Waals surface area contributed by atoms with E-state index in [4.69, 9.17) is 5.73 Å². The van der Waals surface area contributed by atoms with Crippen LogP contribution >= 0.6 is 11.3 Å². The van der Waals surface area contributed by atoms with Crippen molar-refractivity contribution in [1.29, 1.82) is 0 Å². The number of hydrogen-bond donors (Lipinski definition) is 2. The lowest BCUT2D eigenvalue weighted by Gasteiger charge is -2.23. The molecule has 0 saturated carbocycles. The van der Waals surface area contributed by atoms with Crippen molar-refractivity contribution in [2.45, 2.75) is 24.5 Å². The van der Waals surface area contributed by atoms with Crippen LogP contribution in [-0.2, 0) is 12.0 Å². The first-order valence-corrected chi connectivity index (χ1v) is 7.52. The molecule has 2 atom stereocenters. The van der Waals surface area contributed by atoms with Gasteiger partial charge < -0.3 is 10.8 Å². The molecular weight excluding hydrogens is 270 g/mol. The summed E-state index contributed by atoms with van der Waals surface area (Å²) in [4.78, 5) is 5.52. The van der Waals surface area contributed by atoms with Crippen molar-refractivity contribution >= 4 is 16.3 Å². The topological polar surface area (TPSA) is 63.5 Å². The fourth-order valence-corrected chi connectivity index (χ4v) is 3.88. The first kappa shape index (κ1) is 12.1. The highest BCUT2D eigenvalue weighted by atomic mass is 32.1. The van der Waals surface area contributed by atoms with Gasteiger partial charge in [0.25, 0.3) is 0 Å². The van der Waals surface area contributed by atoms with E-state index in [0.29, 0.717) is 12.8 Å². The van der Waals surface area contributed by atoms with Gasteiger partial charge in [0.15, 0.2) is 4.96 Å². The van der Waals surface area contributed by atoms with E-state index in [9.17, 15) is 5.11 Å². The molecule has 0 bridgehead atoms. The first-order valence-electron chi connectivity index (χ1n) is 6.64. The van der Waals surface area contributed by atoms with Crippen LogP contribution in [0.4, 0.5) is 0 Å². The zero-order valence-corrected chi connectivity index (χ0v) is 11.7. The summed E-state index contributed by atoms with van der Waals surface area (Å²) >= 11 is 1.60. The smallest absolute Gasteiger partial charge is 0.193 e. The van der Waals surface area contributed by atoms with E-state index in [1.807, 2.05) is 46.4 Å². The van der Waals surface area contributed by atoms with Gasteiger partial charge in [-0.3, -0.25) is 4.40 Å². The number of aromatic nitrogens is 2. The fraction of sp³-hybridized carbons (Fsp3) is 0.267. The molecule has 20 heavy (non-hydrogen) atoms. The Morgan fingerprint density at radius 1 is 1.45 bits per heavy atom. The van der Waals surface area contributed by atoms with E-state index in [-0.39, 0.29) is 6.04 Å². The lowest BCUT2D eigenvalue weighted by atomic mass is 9.91. The molecule has 0 spiro atoms. The van der Waals surface area contributed by atoms with Crippen LogP contribution < -0.4 is 5.73 Å². The number of imidazole rings is 1. The van der Waals surface area contributed by atoms with E-state index in [0.717, 1.165) is 21.8 Å². The Labute approximate surface area is 120 Å². The molecule has 0 fully saturated rings. The van der Waals surface area contributed by atoms with Crippen molar-refractivity contribution in [3.8, 4) is 0 Å². The largest absolute Gasteiger partial charge is 0.385 e. The number of nitrogens with zero attached hydrogens (tertiary/aromatic N) is 2. The Hall–Kier alpha value is -1.69. The third-order valence-corrected chi connectivity index (χ3v) is 4.81. The van der Waals surface area contributed by atoms with Crippen LogP contribution in [0.2, 0.25) is 0 Å². The highest BCUT2D eigenvalue weighted by molar-refractivity contribution is 7.15. The lowest BCUT2D eigenvalue weighted by Crippen LogP contribution is -2.26. The Morgan fingerprint density at radius 3 is 3.15 bits per heavy atom. The molecule has 2 aromatic heterocycles. The third-order valence-electron chi connectivity index (χ3n) is 4.04. The molecule has 4 nitrogen and oxygen atoms in total. The minimum absolute atomic E-state index is 0.0973. The number of hydrogen-bond acceptors (Lipinski definition) is 4. The minimum atomic E-state index is -0.903. The molecular formula is C15H15N3OS. The summed E-state index contributed by atoms with van der Waals surface area (Å²) in [7, 11) is 0. The van der Waals surface area contributed by atoms with Crippen LogP contribution in [0.1, 0.15) is 29.3 Å². The SMILES string of the molecule is NC1CC(O)(Cc2cn3ccsc3n2)c2ccccc21. The minimum Gasteiger partial charge on any atom is -0.385 e. The van der Waals surface area contributed by atoms with Crippen molar-refractivity contribution in [1.82, 2.24) is 9.38 Å². The molecule has 4 rings (SSSR count). The number of rotatable bonds is 2. The highest BCUT2D eigenvalue weighted by Gasteiger charge is 2.41. The quantitative estimate of drug-likeness (QED) is 0.759. The Morgan fingerprint density at radius 2 is 2.30 bits per heavy atom. The zero-order chi connectivity index (χ0) is 13.7. The second-order valence-electron chi connectivity index (χ2n) is 5.43. The summed E-state index contributed by atoms with van der Waals surface area (Å²) < 4.78 is 1.99. The van der Waals surface area contributed by atoms with Crippen LogP contribution in [0, 0.1) is 0 Å². The third kappa shape index (κ3) is 1.71. The van der Waals surface area contributed by atoms with Crippen LogP contribution in [0.25, 0.3) is 4.96 Å². The maximum absolute atomic E-state index is 11.0. The average Bonchev–Trinajstić information content (AvgIpc) is 3.04. The molecule has 2 unspecified atom stereocenters. The first-order chi connectivity index (χ1) is 9.66. The molecule has 0 saturated heterocycles. The summed E-state index contributed by atoms with van der Waals surface area (Å²) in [5.41, 5.74) is 8.15. The summed E-state index contributed by atoms with van der Waals surface area (Å²) in [5, 5.41) is 13.0. The van der Waals surface area contributed by atoms with Crippen molar-refractivity contribution in [3.63, 3.8) is 0 Å². The molecule has 0 aliphatic heterocycles. The highest BCUT2D eigenvalue weighted by Crippen LogP contribution is 2.43. The number of benzene rings is 1. The van der Waals surface area contributed by atoms with E-state index < -0.39 is 5.60 Å². The van der Waals surface area contributed by atoms with Gasteiger partial charge in [0.05, 0.1) is 11.3 Å². The average molecular weight is 285 g/mol. The van der Waals surface area contributed by atoms with Crippen molar-refractivity contribution in [2.75, 3.05) is 0 Å². The van der Waals surface area contributed by atoms with Gasteiger partial charge in [-0.25, -0.2) is 4.98 Å². The molecule has 3 N–H and O–H groups in total. The lowest BCUT2D eigenvalue weighted by molar-refractivity contribution is 0.0333. The molecule has 0 radical (unpaired) electrons. The molecule has 0 amide bonds. The Bertz CT molecular complexity index is 750. The maximum atomic E-state index is 11.0. The Balaban J connectivity index is 1.73. The predicted octanol–water partition coefficient (Wildman–Crippen LogP) is 2.23. The van der Waals surface area contributed by atoms with Crippen molar-refractivity contribution < 1.29 is 5.11 Å². The van der Waals surface area contributed by atoms with Gasteiger partial charge in [-0.1, -0.05) is 24.3 Å². The van der Waals surface area contributed by atoms with Crippen molar-refractivity contribution in [2.24, 2.45) is 5.73 Å². The summed E-state index contributed by atoms with van der Waals surface area (Å²) in [6, 6.07) is 7.80. The molecule has 102 valence electrons.